The first-order valence-electron chi connectivity index (χ1n) is 8.90. The molecule has 1 amide bonds. The van der Waals surface area contributed by atoms with E-state index >= 15 is 0 Å². The molecule has 0 radical (unpaired) electrons. The molecule has 1 fully saturated rings. The number of carbonyl (C=O) groups excluding carboxylic acids is 1. The molecule has 7 nitrogen and oxygen atoms in total. The lowest BCUT2D eigenvalue weighted by Gasteiger charge is -2.35. The average Bonchev–Trinajstić information content (AvgIpc) is 2.72. The van der Waals surface area contributed by atoms with E-state index in [9.17, 15) is 4.79 Å². The fourth-order valence-electron chi connectivity index (χ4n) is 2.84. The molecule has 0 aromatic heterocycles. The van der Waals surface area contributed by atoms with Crippen LogP contribution in [0, 0.1) is 0 Å². The Labute approximate surface area is 184 Å². The number of nitrogens with zero attached hydrogens (tertiary/aromatic N) is 2. The molecule has 1 aliphatic rings. The highest BCUT2D eigenvalue weighted by Gasteiger charge is 2.24. The van der Waals surface area contributed by atoms with Crippen LogP contribution in [0.4, 0.5) is 11.4 Å². The van der Waals surface area contributed by atoms with Crippen molar-refractivity contribution in [2.45, 2.75) is 0 Å². The van der Waals surface area contributed by atoms with Gasteiger partial charge in [-0.2, -0.15) is 0 Å². The van der Waals surface area contributed by atoms with Crippen molar-refractivity contribution in [2.75, 3.05) is 49.5 Å². The van der Waals surface area contributed by atoms with Gasteiger partial charge in [-0.3, -0.25) is 4.79 Å². The number of amides is 1. The maximum atomic E-state index is 12.5. The molecule has 1 N–H and O–H groups in total. The zero-order valence-corrected chi connectivity index (χ0v) is 18.1. The molecule has 0 unspecified atom stereocenters. The summed E-state index contributed by atoms with van der Waals surface area (Å²) in [5, 5.41) is 0.988. The van der Waals surface area contributed by atoms with E-state index < -0.39 is 0 Å². The van der Waals surface area contributed by atoms with E-state index in [2.05, 4.69) is 13.9 Å². The van der Waals surface area contributed by atoms with Crippen molar-refractivity contribution < 1.29 is 18.8 Å². The molecule has 1 saturated heterocycles. The number of nitrogens with one attached hydrogen (secondary N) is 1. The largest absolute Gasteiger partial charge is 0.492 e. The third-order valence-electron chi connectivity index (χ3n) is 4.33. The van der Waals surface area contributed by atoms with Crippen LogP contribution in [0.3, 0.4) is 0 Å². The SMILES string of the molecule is COOSNc1ccc(OCCN2CCN(c3ccc(Cl)c(Cl)c3)CC2=O)cc1. The predicted octanol–water partition coefficient (Wildman–Crippen LogP) is 4.27. The average molecular weight is 458 g/mol. The van der Waals surface area contributed by atoms with E-state index in [1.807, 2.05) is 40.1 Å². The fraction of sp³-hybridized carbons (Fsp3) is 0.316. The van der Waals surface area contributed by atoms with Crippen molar-refractivity contribution in [3.63, 3.8) is 0 Å². The first-order valence-corrected chi connectivity index (χ1v) is 10.4. The van der Waals surface area contributed by atoms with Crippen LogP contribution in [-0.4, -0.2) is 50.7 Å². The summed E-state index contributed by atoms with van der Waals surface area (Å²) in [5.74, 6) is 0.788. The Kier molecular flexibility index (Phi) is 8.14. The normalized spacial score (nSPS) is 14.2. The summed E-state index contributed by atoms with van der Waals surface area (Å²) in [6.45, 7) is 2.62. The van der Waals surface area contributed by atoms with Crippen molar-refractivity contribution in [1.29, 1.82) is 0 Å². The van der Waals surface area contributed by atoms with Crippen molar-refractivity contribution in [1.82, 2.24) is 4.90 Å². The number of ether oxygens (including phenoxy) is 1. The van der Waals surface area contributed by atoms with E-state index in [1.165, 1.54) is 7.11 Å². The summed E-state index contributed by atoms with van der Waals surface area (Å²) in [4.78, 5) is 20.8. The molecule has 156 valence electrons. The van der Waals surface area contributed by atoms with Gasteiger partial charge >= 0.3 is 0 Å². The monoisotopic (exact) mass is 457 g/mol. The Morgan fingerprint density at radius 1 is 1.10 bits per heavy atom. The molecule has 2 aromatic carbocycles. The van der Waals surface area contributed by atoms with E-state index in [0.717, 1.165) is 35.9 Å². The van der Waals surface area contributed by atoms with Gasteiger partial charge in [-0.15, -0.1) is 4.33 Å². The molecule has 0 saturated carbocycles. The highest BCUT2D eigenvalue weighted by molar-refractivity contribution is 7.95. The van der Waals surface area contributed by atoms with Crippen molar-refractivity contribution in [3.05, 3.63) is 52.5 Å². The molecule has 0 atom stereocenters. The van der Waals surface area contributed by atoms with Crippen LogP contribution in [0.15, 0.2) is 42.5 Å². The second-order valence-electron chi connectivity index (χ2n) is 6.19. The van der Waals surface area contributed by atoms with Gasteiger partial charge in [-0.1, -0.05) is 23.2 Å². The topological polar surface area (TPSA) is 63.3 Å². The Balaban J connectivity index is 1.42. The number of rotatable bonds is 9. The summed E-state index contributed by atoms with van der Waals surface area (Å²) in [7, 11) is 1.43. The molecule has 0 bridgehead atoms. The van der Waals surface area contributed by atoms with Crippen LogP contribution in [-0.2, 0) is 14.0 Å². The second kappa shape index (κ2) is 10.8. The predicted molar refractivity (Wildman–Crippen MR) is 116 cm³/mol. The van der Waals surface area contributed by atoms with E-state index in [0.29, 0.717) is 36.3 Å². The van der Waals surface area contributed by atoms with Gasteiger partial charge in [0.15, 0.2) is 0 Å². The first kappa shape index (κ1) is 21.9. The maximum Gasteiger partial charge on any atom is 0.242 e. The van der Waals surface area contributed by atoms with Gasteiger partial charge in [0.2, 0.25) is 5.91 Å². The second-order valence-corrected chi connectivity index (χ2v) is 7.51. The summed E-state index contributed by atoms with van der Waals surface area (Å²) < 4.78 is 13.4. The lowest BCUT2D eigenvalue weighted by molar-refractivity contribution is -0.159. The summed E-state index contributed by atoms with van der Waals surface area (Å²) in [5.41, 5.74) is 1.75. The van der Waals surface area contributed by atoms with Crippen LogP contribution < -0.4 is 14.4 Å². The third kappa shape index (κ3) is 6.32. The molecule has 1 heterocycles. The molecule has 1 aliphatic heterocycles. The smallest absolute Gasteiger partial charge is 0.242 e. The Morgan fingerprint density at radius 3 is 2.59 bits per heavy atom. The van der Waals surface area contributed by atoms with Gasteiger partial charge in [-0.25, -0.2) is 4.89 Å². The summed E-state index contributed by atoms with van der Waals surface area (Å²) in [6.07, 6.45) is 0. The molecule has 29 heavy (non-hydrogen) atoms. The number of anilines is 2. The fourth-order valence-corrected chi connectivity index (χ4v) is 3.47. The zero-order chi connectivity index (χ0) is 20.6. The van der Waals surface area contributed by atoms with Gasteiger partial charge in [0.25, 0.3) is 0 Å². The number of benzene rings is 2. The quantitative estimate of drug-likeness (QED) is 0.198. The van der Waals surface area contributed by atoms with Gasteiger partial charge < -0.3 is 19.3 Å². The number of piperazine rings is 1. The molecule has 0 spiro atoms. The van der Waals surface area contributed by atoms with E-state index in [4.69, 9.17) is 27.9 Å². The third-order valence-corrected chi connectivity index (χ3v) is 5.60. The number of hydrogen-bond acceptors (Lipinski definition) is 7. The van der Waals surface area contributed by atoms with Crippen LogP contribution >= 0.6 is 35.4 Å². The van der Waals surface area contributed by atoms with Crippen LogP contribution in [0.25, 0.3) is 0 Å². The van der Waals surface area contributed by atoms with Gasteiger partial charge in [-0.05, 0) is 42.5 Å². The van der Waals surface area contributed by atoms with Crippen molar-refractivity contribution in [3.8, 4) is 5.75 Å². The van der Waals surface area contributed by atoms with Crippen LogP contribution in [0.2, 0.25) is 10.0 Å². The highest BCUT2D eigenvalue weighted by Crippen LogP contribution is 2.28. The van der Waals surface area contributed by atoms with Crippen molar-refractivity contribution >= 4 is 52.7 Å². The Bertz CT molecular complexity index is 826. The molecular weight excluding hydrogens is 437 g/mol. The molecule has 0 aliphatic carbocycles. The molecular formula is C19H21Cl2N3O4S. The van der Waals surface area contributed by atoms with Crippen LogP contribution in [0.1, 0.15) is 0 Å². The summed E-state index contributed by atoms with van der Waals surface area (Å²) in [6, 6.07) is 12.8. The van der Waals surface area contributed by atoms with Gasteiger partial charge in [0.05, 0.1) is 30.2 Å². The molecule has 10 heteroatoms. The van der Waals surface area contributed by atoms with E-state index in [1.54, 1.807) is 12.1 Å². The molecule has 3 rings (SSSR count). The lowest BCUT2D eigenvalue weighted by Crippen LogP contribution is -2.51. The van der Waals surface area contributed by atoms with Gasteiger partial charge in [0.1, 0.15) is 24.6 Å². The summed E-state index contributed by atoms with van der Waals surface area (Å²) >= 11 is 13.0. The first-order chi connectivity index (χ1) is 14.1. The number of hydrogen-bond donors (Lipinski definition) is 1. The number of carbonyl (C=O) groups is 1. The number of halogens is 2. The lowest BCUT2D eigenvalue weighted by atomic mass is 10.2. The standard InChI is InChI=1S/C19H21Cl2N3O4S/c1-26-28-29-22-14-2-5-16(6-3-14)27-11-10-23-8-9-24(13-19(23)25)15-4-7-17(20)18(21)12-15/h2-7,12,22H,8-11,13H2,1H3. The van der Waals surface area contributed by atoms with E-state index in [-0.39, 0.29) is 5.91 Å². The molecule has 2 aromatic rings. The highest BCUT2D eigenvalue weighted by atomic mass is 35.5. The maximum absolute atomic E-state index is 12.5. The Hall–Kier alpha value is -1.84. The van der Waals surface area contributed by atoms with Crippen LogP contribution in [0.5, 0.6) is 5.75 Å². The minimum Gasteiger partial charge on any atom is -0.492 e. The minimum atomic E-state index is 0.0561. The van der Waals surface area contributed by atoms with Crippen molar-refractivity contribution in [2.24, 2.45) is 0 Å². The minimum absolute atomic E-state index is 0.0561. The van der Waals surface area contributed by atoms with Gasteiger partial charge in [0, 0.05) is 24.5 Å². The zero-order valence-electron chi connectivity index (χ0n) is 15.8. The Morgan fingerprint density at radius 2 is 1.90 bits per heavy atom.